The average molecular weight is 337 g/mol. The van der Waals surface area contributed by atoms with Gasteiger partial charge in [0, 0.05) is 17.7 Å². The molecule has 4 rings (SSSR count). The summed E-state index contributed by atoms with van der Waals surface area (Å²) in [5, 5.41) is 3.38. The largest absolute Gasteiger partial charge is 0.365 e. The summed E-state index contributed by atoms with van der Waals surface area (Å²) >= 11 is 0. The predicted molar refractivity (Wildman–Crippen MR) is 107 cm³/mol. The average Bonchev–Trinajstić information content (AvgIpc) is 2.74. The summed E-state index contributed by atoms with van der Waals surface area (Å²) in [5.41, 5.74) is 5.11. The number of hydrogen-bond acceptors (Lipinski definition) is 3. The van der Waals surface area contributed by atoms with Gasteiger partial charge in [0.15, 0.2) is 0 Å². The molecule has 0 bridgehead atoms. The Morgan fingerprint density at radius 3 is 1.77 bits per heavy atom. The third-order valence-electron chi connectivity index (χ3n) is 4.18. The molecule has 0 aliphatic carbocycles. The Morgan fingerprint density at radius 1 is 0.615 bits per heavy atom. The number of hydrogen-bond donors (Lipinski definition) is 1. The van der Waals surface area contributed by atoms with Crippen molar-refractivity contribution in [1.29, 1.82) is 0 Å². The van der Waals surface area contributed by atoms with Crippen molar-refractivity contribution in [1.82, 2.24) is 9.97 Å². The van der Waals surface area contributed by atoms with E-state index in [-0.39, 0.29) is 0 Å². The van der Waals surface area contributed by atoms with Crippen LogP contribution < -0.4 is 5.32 Å². The highest BCUT2D eigenvalue weighted by molar-refractivity contribution is 5.78. The van der Waals surface area contributed by atoms with Crippen molar-refractivity contribution in [2.45, 2.75) is 6.54 Å². The number of rotatable bonds is 5. The summed E-state index contributed by atoms with van der Waals surface area (Å²) in [4.78, 5) is 9.57. The summed E-state index contributed by atoms with van der Waals surface area (Å²) in [6, 6.07) is 30.7. The van der Waals surface area contributed by atoms with Gasteiger partial charge in [-0.2, -0.15) is 0 Å². The van der Waals surface area contributed by atoms with Gasteiger partial charge in [-0.05, 0) is 5.56 Å². The van der Waals surface area contributed by atoms with Crippen LogP contribution in [0.25, 0.3) is 22.5 Å². The molecule has 0 unspecified atom stereocenters. The van der Waals surface area contributed by atoms with E-state index in [2.05, 4.69) is 41.7 Å². The predicted octanol–water partition coefficient (Wildman–Crippen LogP) is 5.42. The molecule has 1 aromatic heterocycles. The van der Waals surface area contributed by atoms with Crippen LogP contribution in [0.1, 0.15) is 5.56 Å². The second kappa shape index (κ2) is 7.62. The fourth-order valence-electron chi connectivity index (χ4n) is 2.87. The molecule has 0 radical (unpaired) electrons. The molecule has 0 saturated carbocycles. The molecule has 3 aromatic carbocycles. The molecule has 3 heteroatoms. The van der Waals surface area contributed by atoms with Gasteiger partial charge in [0.25, 0.3) is 0 Å². The smallest absolute Gasteiger partial charge is 0.145 e. The first-order valence-electron chi connectivity index (χ1n) is 8.66. The van der Waals surface area contributed by atoms with E-state index in [4.69, 9.17) is 9.97 Å². The van der Waals surface area contributed by atoms with Crippen molar-refractivity contribution >= 4 is 5.82 Å². The van der Waals surface area contributed by atoms with Crippen LogP contribution in [0, 0.1) is 0 Å². The zero-order valence-corrected chi connectivity index (χ0v) is 14.3. The van der Waals surface area contributed by atoms with Crippen molar-refractivity contribution in [2.75, 3.05) is 5.32 Å². The van der Waals surface area contributed by atoms with Crippen LogP contribution in [0.3, 0.4) is 0 Å². The van der Waals surface area contributed by atoms with Crippen LogP contribution in [-0.4, -0.2) is 9.97 Å². The molecule has 0 saturated heterocycles. The number of aromatic nitrogens is 2. The first-order valence-corrected chi connectivity index (χ1v) is 8.66. The minimum atomic E-state index is 0.717. The third kappa shape index (κ3) is 3.62. The lowest BCUT2D eigenvalue weighted by Gasteiger charge is -2.12. The Bertz CT molecular complexity index is 968. The lowest BCUT2D eigenvalue weighted by molar-refractivity contribution is 1.09. The maximum atomic E-state index is 4.86. The van der Waals surface area contributed by atoms with Crippen LogP contribution in [-0.2, 0) is 6.54 Å². The van der Waals surface area contributed by atoms with E-state index in [1.54, 1.807) is 6.20 Å². The van der Waals surface area contributed by atoms with Gasteiger partial charge in [-0.25, -0.2) is 4.98 Å². The highest BCUT2D eigenvalue weighted by Gasteiger charge is 2.11. The Morgan fingerprint density at radius 2 is 1.15 bits per heavy atom. The Kier molecular flexibility index (Phi) is 4.70. The summed E-state index contributed by atoms with van der Waals surface area (Å²) in [7, 11) is 0. The third-order valence-corrected chi connectivity index (χ3v) is 4.18. The minimum absolute atomic E-state index is 0.717. The molecule has 0 fully saturated rings. The molecule has 1 N–H and O–H groups in total. The van der Waals surface area contributed by atoms with Crippen molar-refractivity contribution in [3.63, 3.8) is 0 Å². The van der Waals surface area contributed by atoms with Crippen LogP contribution in [0.15, 0.2) is 97.2 Å². The van der Waals surface area contributed by atoms with Crippen molar-refractivity contribution in [2.24, 2.45) is 0 Å². The molecule has 0 aliphatic heterocycles. The standard InChI is InChI=1S/C23H19N3/c1-4-10-18(11-5-1)16-24-21-17-25-22(19-12-6-2-7-13-19)23(26-21)20-14-8-3-9-15-20/h1-15,17H,16H2,(H,24,26). The topological polar surface area (TPSA) is 37.8 Å². The normalized spacial score (nSPS) is 10.5. The number of benzene rings is 3. The van der Waals surface area contributed by atoms with Crippen LogP contribution in [0.4, 0.5) is 5.82 Å². The van der Waals surface area contributed by atoms with E-state index in [0.29, 0.717) is 6.54 Å². The molecular weight excluding hydrogens is 318 g/mol. The van der Waals surface area contributed by atoms with Gasteiger partial charge in [0.05, 0.1) is 17.6 Å². The molecule has 0 amide bonds. The summed E-state index contributed by atoms with van der Waals surface area (Å²) in [6.45, 7) is 0.717. The van der Waals surface area contributed by atoms with E-state index >= 15 is 0 Å². The van der Waals surface area contributed by atoms with Gasteiger partial charge in [-0.3, -0.25) is 4.98 Å². The zero-order valence-electron chi connectivity index (χ0n) is 14.3. The van der Waals surface area contributed by atoms with Gasteiger partial charge in [-0.1, -0.05) is 91.0 Å². The first kappa shape index (κ1) is 16.0. The van der Waals surface area contributed by atoms with E-state index in [1.165, 1.54) is 5.56 Å². The Balaban J connectivity index is 1.70. The molecule has 0 spiro atoms. The molecule has 1 heterocycles. The molecule has 0 atom stereocenters. The molecule has 0 aliphatic rings. The second-order valence-electron chi connectivity index (χ2n) is 6.02. The fourth-order valence-corrected chi connectivity index (χ4v) is 2.87. The Labute approximate surface area is 153 Å². The maximum absolute atomic E-state index is 4.86. The molecule has 26 heavy (non-hydrogen) atoms. The first-order chi connectivity index (χ1) is 12.9. The molecule has 3 nitrogen and oxygen atoms in total. The van der Waals surface area contributed by atoms with E-state index in [0.717, 1.165) is 28.3 Å². The second-order valence-corrected chi connectivity index (χ2v) is 6.02. The Hall–Kier alpha value is -3.46. The van der Waals surface area contributed by atoms with Gasteiger partial charge in [-0.15, -0.1) is 0 Å². The molecule has 4 aromatic rings. The summed E-state index contributed by atoms with van der Waals surface area (Å²) in [6.07, 6.45) is 1.80. The van der Waals surface area contributed by atoms with Crippen molar-refractivity contribution < 1.29 is 0 Å². The van der Waals surface area contributed by atoms with Gasteiger partial charge in [0.1, 0.15) is 5.82 Å². The summed E-state index contributed by atoms with van der Waals surface area (Å²) < 4.78 is 0. The lowest BCUT2D eigenvalue weighted by Crippen LogP contribution is -2.04. The lowest BCUT2D eigenvalue weighted by atomic mass is 10.0. The van der Waals surface area contributed by atoms with E-state index < -0.39 is 0 Å². The van der Waals surface area contributed by atoms with Gasteiger partial charge >= 0.3 is 0 Å². The minimum Gasteiger partial charge on any atom is -0.365 e. The zero-order chi connectivity index (χ0) is 17.6. The van der Waals surface area contributed by atoms with E-state index in [1.807, 2.05) is 54.6 Å². The quantitative estimate of drug-likeness (QED) is 0.528. The summed E-state index contributed by atoms with van der Waals surface area (Å²) in [5.74, 6) is 0.771. The van der Waals surface area contributed by atoms with Gasteiger partial charge in [0.2, 0.25) is 0 Å². The number of anilines is 1. The van der Waals surface area contributed by atoms with Crippen LogP contribution >= 0.6 is 0 Å². The van der Waals surface area contributed by atoms with Crippen molar-refractivity contribution in [3.8, 4) is 22.5 Å². The maximum Gasteiger partial charge on any atom is 0.145 e. The van der Waals surface area contributed by atoms with Crippen molar-refractivity contribution in [3.05, 3.63) is 103 Å². The highest BCUT2D eigenvalue weighted by Crippen LogP contribution is 2.29. The fraction of sp³-hybridized carbons (Fsp3) is 0.0435. The molecule has 126 valence electrons. The van der Waals surface area contributed by atoms with Gasteiger partial charge < -0.3 is 5.32 Å². The highest BCUT2D eigenvalue weighted by atomic mass is 15.0. The molecular formula is C23H19N3. The number of nitrogens with zero attached hydrogens (tertiary/aromatic N) is 2. The monoisotopic (exact) mass is 337 g/mol. The van der Waals surface area contributed by atoms with E-state index in [9.17, 15) is 0 Å². The van der Waals surface area contributed by atoms with Crippen LogP contribution in [0.2, 0.25) is 0 Å². The SMILES string of the molecule is c1ccc(CNc2cnc(-c3ccccc3)c(-c3ccccc3)n2)cc1. The van der Waals surface area contributed by atoms with Crippen LogP contribution in [0.5, 0.6) is 0 Å². The number of nitrogens with one attached hydrogen (secondary N) is 1.